The van der Waals surface area contributed by atoms with Gasteiger partial charge in [0.25, 0.3) is 0 Å². The van der Waals surface area contributed by atoms with E-state index in [0.717, 1.165) is 37.4 Å². The molecule has 0 aliphatic carbocycles. The third kappa shape index (κ3) is 4.40. The zero-order chi connectivity index (χ0) is 15.2. The molecule has 2 atom stereocenters. The summed E-state index contributed by atoms with van der Waals surface area (Å²) in [5.74, 6) is 1.49. The Balaban J connectivity index is 1.90. The molecular weight excluding hydrogens is 262 g/mol. The second kappa shape index (κ2) is 7.74. The molecular formula is C17H29N3O. The first-order valence-electron chi connectivity index (χ1n) is 8.42. The zero-order valence-corrected chi connectivity index (χ0v) is 13.7. The minimum atomic E-state index is 0.352. The van der Waals surface area contributed by atoms with E-state index in [0.29, 0.717) is 30.5 Å². The van der Waals surface area contributed by atoms with Gasteiger partial charge in [0.05, 0.1) is 5.69 Å². The van der Waals surface area contributed by atoms with Crippen LogP contribution in [0.4, 0.5) is 0 Å². The average molecular weight is 291 g/mol. The largest absolute Gasteiger partial charge is 0.316 e. The van der Waals surface area contributed by atoms with Gasteiger partial charge >= 0.3 is 0 Å². The number of hydrogen-bond acceptors (Lipinski definition) is 3. The summed E-state index contributed by atoms with van der Waals surface area (Å²) in [6, 6.07) is 2.09. The molecule has 21 heavy (non-hydrogen) atoms. The fourth-order valence-corrected chi connectivity index (χ4v) is 3.27. The van der Waals surface area contributed by atoms with Crippen molar-refractivity contribution in [3.63, 3.8) is 0 Å². The highest BCUT2D eigenvalue weighted by atomic mass is 16.1. The van der Waals surface area contributed by atoms with E-state index in [1.54, 1.807) is 0 Å². The molecule has 4 nitrogen and oxygen atoms in total. The highest BCUT2D eigenvalue weighted by Gasteiger charge is 2.22. The molecule has 1 N–H and O–H groups in total. The van der Waals surface area contributed by atoms with Gasteiger partial charge in [-0.2, -0.15) is 5.10 Å². The Labute approximate surface area is 128 Å². The van der Waals surface area contributed by atoms with Gasteiger partial charge in [-0.05, 0) is 57.2 Å². The predicted octanol–water partition coefficient (Wildman–Crippen LogP) is 2.60. The molecule has 118 valence electrons. The highest BCUT2D eigenvalue weighted by molar-refractivity contribution is 5.80. The van der Waals surface area contributed by atoms with Crippen molar-refractivity contribution in [2.45, 2.75) is 59.4 Å². The molecule has 2 rings (SSSR count). The molecule has 1 fully saturated rings. The monoisotopic (exact) mass is 291 g/mol. The van der Waals surface area contributed by atoms with Crippen LogP contribution in [0.2, 0.25) is 0 Å². The van der Waals surface area contributed by atoms with E-state index in [2.05, 4.69) is 37.3 Å². The van der Waals surface area contributed by atoms with Crippen molar-refractivity contribution < 1.29 is 4.79 Å². The van der Waals surface area contributed by atoms with E-state index < -0.39 is 0 Å². The molecule has 1 aliphatic rings. The summed E-state index contributed by atoms with van der Waals surface area (Å²) < 4.78 is 1.98. The van der Waals surface area contributed by atoms with Gasteiger partial charge in [-0.1, -0.05) is 13.8 Å². The van der Waals surface area contributed by atoms with Crippen molar-refractivity contribution in [1.82, 2.24) is 15.1 Å². The maximum Gasteiger partial charge on any atom is 0.139 e. The first kappa shape index (κ1) is 16.2. The van der Waals surface area contributed by atoms with E-state index in [-0.39, 0.29) is 0 Å². The Kier molecular flexibility index (Phi) is 5.97. The van der Waals surface area contributed by atoms with Crippen LogP contribution in [0.5, 0.6) is 0 Å². The van der Waals surface area contributed by atoms with E-state index >= 15 is 0 Å². The topological polar surface area (TPSA) is 46.9 Å². The summed E-state index contributed by atoms with van der Waals surface area (Å²) in [5.41, 5.74) is 2.16. The molecule has 0 saturated carbocycles. The van der Waals surface area contributed by atoms with Crippen LogP contribution in [-0.4, -0.2) is 28.7 Å². The van der Waals surface area contributed by atoms with Crippen molar-refractivity contribution in [3.05, 3.63) is 17.5 Å². The Morgan fingerprint density at radius 2 is 2.33 bits per heavy atom. The SMILES string of the molecule is CCc1cc(CC(=O)CC(C)C2CCCNC2)n(CC)n1. The zero-order valence-electron chi connectivity index (χ0n) is 13.7. The number of ketones is 1. The molecule has 4 heteroatoms. The second-order valence-corrected chi connectivity index (χ2v) is 6.30. The molecule has 2 heterocycles. The van der Waals surface area contributed by atoms with Crippen LogP contribution in [0, 0.1) is 11.8 Å². The summed E-state index contributed by atoms with van der Waals surface area (Å²) in [6.07, 6.45) is 4.66. The van der Waals surface area contributed by atoms with Gasteiger partial charge in [0, 0.05) is 25.1 Å². The first-order chi connectivity index (χ1) is 10.1. The van der Waals surface area contributed by atoms with Crippen molar-refractivity contribution >= 4 is 5.78 Å². The van der Waals surface area contributed by atoms with Gasteiger partial charge in [0.2, 0.25) is 0 Å². The van der Waals surface area contributed by atoms with Gasteiger partial charge in [0.1, 0.15) is 5.78 Å². The van der Waals surface area contributed by atoms with Crippen molar-refractivity contribution in [2.24, 2.45) is 11.8 Å². The highest BCUT2D eigenvalue weighted by Crippen LogP contribution is 2.23. The lowest BCUT2D eigenvalue weighted by molar-refractivity contribution is -0.119. The lowest BCUT2D eigenvalue weighted by Gasteiger charge is -2.28. The van der Waals surface area contributed by atoms with Crippen molar-refractivity contribution in [2.75, 3.05) is 13.1 Å². The minimum Gasteiger partial charge on any atom is -0.316 e. The van der Waals surface area contributed by atoms with Gasteiger partial charge in [0.15, 0.2) is 0 Å². The summed E-state index contributed by atoms with van der Waals surface area (Å²) in [7, 11) is 0. The van der Waals surface area contributed by atoms with Gasteiger partial charge in [-0.3, -0.25) is 9.48 Å². The maximum absolute atomic E-state index is 12.4. The molecule has 0 radical (unpaired) electrons. The molecule has 2 unspecified atom stereocenters. The fraction of sp³-hybridized carbons (Fsp3) is 0.765. The molecule has 0 amide bonds. The van der Waals surface area contributed by atoms with Crippen LogP contribution in [0.1, 0.15) is 51.4 Å². The second-order valence-electron chi connectivity index (χ2n) is 6.30. The molecule has 0 spiro atoms. The summed E-state index contributed by atoms with van der Waals surface area (Å²) in [5, 5.41) is 7.97. The average Bonchev–Trinajstić information content (AvgIpc) is 2.90. The van der Waals surface area contributed by atoms with Crippen LogP contribution in [0.3, 0.4) is 0 Å². The van der Waals surface area contributed by atoms with Gasteiger partial charge < -0.3 is 5.32 Å². The van der Waals surface area contributed by atoms with Gasteiger partial charge in [-0.25, -0.2) is 0 Å². The lowest BCUT2D eigenvalue weighted by Crippen LogP contribution is -2.34. The third-order valence-electron chi connectivity index (χ3n) is 4.64. The summed E-state index contributed by atoms with van der Waals surface area (Å²) >= 11 is 0. The number of rotatable bonds is 7. The van der Waals surface area contributed by atoms with Crippen molar-refractivity contribution in [1.29, 1.82) is 0 Å². The molecule has 1 aromatic heterocycles. The van der Waals surface area contributed by atoms with E-state index in [4.69, 9.17) is 0 Å². The smallest absolute Gasteiger partial charge is 0.139 e. The van der Waals surface area contributed by atoms with E-state index in [1.807, 2.05) is 4.68 Å². The quantitative estimate of drug-likeness (QED) is 0.840. The van der Waals surface area contributed by atoms with Crippen LogP contribution in [-0.2, 0) is 24.2 Å². The minimum absolute atomic E-state index is 0.352. The number of piperidine rings is 1. The van der Waals surface area contributed by atoms with Crippen LogP contribution < -0.4 is 5.32 Å². The lowest BCUT2D eigenvalue weighted by atomic mass is 9.84. The van der Waals surface area contributed by atoms with E-state index in [9.17, 15) is 4.79 Å². The number of Topliss-reactive ketones (excluding diaryl/α,β-unsaturated/α-hetero) is 1. The Morgan fingerprint density at radius 1 is 1.52 bits per heavy atom. The van der Waals surface area contributed by atoms with E-state index in [1.165, 1.54) is 12.8 Å². The van der Waals surface area contributed by atoms with Crippen LogP contribution >= 0.6 is 0 Å². The number of nitrogens with one attached hydrogen (secondary N) is 1. The maximum atomic E-state index is 12.4. The first-order valence-corrected chi connectivity index (χ1v) is 8.42. The number of nitrogens with zero attached hydrogens (tertiary/aromatic N) is 2. The Morgan fingerprint density at radius 3 is 2.95 bits per heavy atom. The predicted molar refractivity (Wildman–Crippen MR) is 85.4 cm³/mol. The van der Waals surface area contributed by atoms with Crippen LogP contribution in [0.25, 0.3) is 0 Å². The number of aryl methyl sites for hydroxylation is 2. The number of hydrogen-bond donors (Lipinski definition) is 1. The number of aromatic nitrogens is 2. The number of carbonyl (C=O) groups excluding carboxylic acids is 1. The molecule has 0 aromatic carbocycles. The van der Waals surface area contributed by atoms with Gasteiger partial charge in [-0.15, -0.1) is 0 Å². The summed E-state index contributed by atoms with van der Waals surface area (Å²) in [6.45, 7) is 9.45. The number of carbonyl (C=O) groups is 1. The third-order valence-corrected chi connectivity index (χ3v) is 4.64. The van der Waals surface area contributed by atoms with Crippen molar-refractivity contribution in [3.8, 4) is 0 Å². The normalized spacial score (nSPS) is 20.4. The Bertz CT molecular complexity index is 461. The fourth-order valence-electron chi connectivity index (χ4n) is 3.27. The molecule has 1 saturated heterocycles. The molecule has 1 aromatic rings. The summed E-state index contributed by atoms with van der Waals surface area (Å²) in [4.78, 5) is 12.4. The van der Waals surface area contributed by atoms with Crippen LogP contribution in [0.15, 0.2) is 6.07 Å². The standard InChI is InChI=1S/C17H29N3O/c1-4-15-10-16(20(5-2)19-15)11-17(21)9-13(3)14-7-6-8-18-12-14/h10,13-14,18H,4-9,11-12H2,1-3H3. The molecule has 0 bridgehead atoms. The molecule has 1 aliphatic heterocycles. The Hall–Kier alpha value is -1.16.